The third-order valence-corrected chi connectivity index (χ3v) is 1.97. The van der Waals surface area contributed by atoms with E-state index in [9.17, 15) is 0 Å². The number of nitrogens with zero attached hydrogens (tertiary/aromatic N) is 2. The van der Waals surface area contributed by atoms with Crippen molar-refractivity contribution in [3.8, 4) is 0 Å². The minimum atomic E-state index is 0.253. The molecule has 2 aromatic rings. The van der Waals surface area contributed by atoms with Gasteiger partial charge in [0.05, 0.1) is 6.20 Å². The summed E-state index contributed by atoms with van der Waals surface area (Å²) in [5.41, 5.74) is 12.2. The average molecular weight is 204 g/mol. The Kier molecular flexibility index (Phi) is 2.45. The van der Waals surface area contributed by atoms with E-state index in [2.05, 4.69) is 4.98 Å². The van der Waals surface area contributed by atoms with E-state index in [1.807, 2.05) is 30.3 Å². The predicted octanol–water partition coefficient (Wildman–Crippen LogP) is 0.676. The first kappa shape index (κ1) is 9.39. The summed E-state index contributed by atoms with van der Waals surface area (Å²) in [6.07, 6.45) is 1.46. The molecule has 4 N–H and O–H groups in total. The third kappa shape index (κ3) is 2.01. The highest BCUT2D eigenvalue weighted by Gasteiger charge is 2.04. The number of hydrogen-bond donors (Lipinski definition) is 2. The molecule has 0 saturated carbocycles. The molecular formula is C10H12N4O. The molecule has 78 valence electrons. The number of nitrogens with two attached hydrogens (primary N) is 2. The van der Waals surface area contributed by atoms with Crippen LogP contribution in [0.1, 0.15) is 5.56 Å². The van der Waals surface area contributed by atoms with Gasteiger partial charge in [0.1, 0.15) is 6.61 Å². The van der Waals surface area contributed by atoms with Gasteiger partial charge >= 0.3 is 0 Å². The van der Waals surface area contributed by atoms with Gasteiger partial charge in [0.2, 0.25) is 5.95 Å². The second kappa shape index (κ2) is 3.91. The average Bonchev–Trinajstić information content (AvgIpc) is 2.58. The molecule has 0 amide bonds. The number of hydrogen-bond acceptors (Lipinski definition) is 4. The highest BCUT2D eigenvalue weighted by molar-refractivity contribution is 5.35. The summed E-state index contributed by atoms with van der Waals surface area (Å²) in [6.45, 7) is 0.408. The molecule has 0 saturated heterocycles. The monoisotopic (exact) mass is 204 g/mol. The van der Waals surface area contributed by atoms with Gasteiger partial charge in [0.25, 0.3) is 0 Å². The lowest BCUT2D eigenvalue weighted by Gasteiger charge is -2.08. The van der Waals surface area contributed by atoms with E-state index in [0.29, 0.717) is 12.4 Å². The molecule has 0 aliphatic rings. The van der Waals surface area contributed by atoms with Crippen LogP contribution in [0.4, 0.5) is 11.8 Å². The molecule has 0 fully saturated rings. The molecule has 1 heterocycles. The topological polar surface area (TPSA) is 79.1 Å². The normalized spacial score (nSPS) is 10.1. The van der Waals surface area contributed by atoms with Crippen molar-refractivity contribution in [2.45, 2.75) is 6.61 Å². The lowest BCUT2D eigenvalue weighted by atomic mass is 10.2. The summed E-state index contributed by atoms with van der Waals surface area (Å²) in [4.78, 5) is 9.22. The Bertz CT molecular complexity index is 418. The largest absolute Gasteiger partial charge is 0.404 e. The summed E-state index contributed by atoms with van der Waals surface area (Å²) in [5.74, 6) is 0.645. The molecule has 5 heteroatoms. The summed E-state index contributed by atoms with van der Waals surface area (Å²) in [5, 5.41) is 0. The van der Waals surface area contributed by atoms with Crippen LogP contribution in [0.15, 0.2) is 36.5 Å². The first-order chi connectivity index (χ1) is 7.27. The Morgan fingerprint density at radius 3 is 2.53 bits per heavy atom. The van der Waals surface area contributed by atoms with Gasteiger partial charge in [-0.2, -0.15) is 0 Å². The fourth-order valence-corrected chi connectivity index (χ4v) is 1.22. The molecule has 1 aromatic carbocycles. The molecule has 2 rings (SSSR count). The molecule has 0 bridgehead atoms. The highest BCUT2D eigenvalue weighted by Crippen LogP contribution is 2.07. The van der Waals surface area contributed by atoms with Crippen LogP contribution in [0, 0.1) is 0 Å². The maximum absolute atomic E-state index is 5.60. The molecular weight excluding hydrogens is 192 g/mol. The molecule has 0 radical (unpaired) electrons. The number of benzene rings is 1. The second-order valence-electron chi connectivity index (χ2n) is 3.09. The number of nitrogen functional groups attached to an aromatic ring is 2. The lowest BCUT2D eigenvalue weighted by molar-refractivity contribution is 0.106. The van der Waals surface area contributed by atoms with E-state index in [1.54, 1.807) is 0 Å². The van der Waals surface area contributed by atoms with Crippen molar-refractivity contribution >= 4 is 11.8 Å². The lowest BCUT2D eigenvalue weighted by Crippen LogP contribution is -2.16. The fraction of sp³-hybridized carbons (Fsp3) is 0.100. The van der Waals surface area contributed by atoms with Crippen LogP contribution < -0.4 is 16.3 Å². The van der Waals surface area contributed by atoms with E-state index >= 15 is 0 Å². The molecule has 0 aliphatic carbocycles. The SMILES string of the molecule is Nc1cnc(N)n1OCc1ccccc1. The number of imidazole rings is 1. The van der Waals surface area contributed by atoms with Crippen molar-refractivity contribution in [1.82, 2.24) is 9.71 Å². The van der Waals surface area contributed by atoms with Gasteiger partial charge in [-0.25, -0.2) is 4.98 Å². The maximum atomic E-state index is 5.60. The van der Waals surface area contributed by atoms with Gasteiger partial charge in [0, 0.05) is 0 Å². The van der Waals surface area contributed by atoms with E-state index in [1.165, 1.54) is 10.9 Å². The fourth-order valence-electron chi connectivity index (χ4n) is 1.22. The molecule has 1 aromatic heterocycles. The van der Waals surface area contributed by atoms with E-state index < -0.39 is 0 Å². The first-order valence-corrected chi connectivity index (χ1v) is 4.53. The standard InChI is InChI=1S/C10H12N4O/c11-9-6-13-10(12)14(9)15-7-8-4-2-1-3-5-8/h1-6H,7,11H2,(H2,12,13). The van der Waals surface area contributed by atoms with Crippen LogP contribution in [0.2, 0.25) is 0 Å². The van der Waals surface area contributed by atoms with Gasteiger partial charge in [-0.05, 0) is 5.56 Å². The van der Waals surface area contributed by atoms with Crippen molar-refractivity contribution in [1.29, 1.82) is 0 Å². The van der Waals surface area contributed by atoms with Gasteiger partial charge < -0.3 is 16.3 Å². The third-order valence-electron chi connectivity index (χ3n) is 1.97. The zero-order valence-corrected chi connectivity index (χ0v) is 8.13. The zero-order valence-electron chi connectivity index (χ0n) is 8.13. The van der Waals surface area contributed by atoms with Crippen molar-refractivity contribution in [3.05, 3.63) is 42.1 Å². The molecule has 15 heavy (non-hydrogen) atoms. The Labute approximate surface area is 87.2 Å². The Morgan fingerprint density at radius 1 is 1.20 bits per heavy atom. The number of aromatic nitrogens is 2. The van der Waals surface area contributed by atoms with Gasteiger partial charge in [-0.1, -0.05) is 30.3 Å². The first-order valence-electron chi connectivity index (χ1n) is 4.53. The van der Waals surface area contributed by atoms with E-state index in [4.69, 9.17) is 16.3 Å². The molecule has 0 aliphatic heterocycles. The maximum Gasteiger partial charge on any atom is 0.236 e. The number of rotatable bonds is 3. The summed E-state index contributed by atoms with van der Waals surface area (Å²) in [7, 11) is 0. The quantitative estimate of drug-likeness (QED) is 0.770. The Hall–Kier alpha value is -2.17. The van der Waals surface area contributed by atoms with Crippen molar-refractivity contribution in [3.63, 3.8) is 0 Å². The predicted molar refractivity (Wildman–Crippen MR) is 57.8 cm³/mol. The van der Waals surface area contributed by atoms with Crippen LogP contribution in [0.5, 0.6) is 0 Å². The summed E-state index contributed by atoms with van der Waals surface area (Å²) < 4.78 is 1.31. The minimum Gasteiger partial charge on any atom is -0.404 e. The highest BCUT2D eigenvalue weighted by atomic mass is 16.7. The molecule has 0 atom stereocenters. The van der Waals surface area contributed by atoms with Crippen LogP contribution in [-0.4, -0.2) is 9.71 Å². The van der Waals surface area contributed by atoms with Crippen molar-refractivity contribution in [2.75, 3.05) is 11.5 Å². The van der Waals surface area contributed by atoms with Gasteiger partial charge in [-0.3, -0.25) is 0 Å². The summed E-state index contributed by atoms with van der Waals surface area (Å²) in [6, 6.07) is 9.76. The van der Waals surface area contributed by atoms with Crippen LogP contribution in [0.3, 0.4) is 0 Å². The molecule has 0 spiro atoms. The van der Waals surface area contributed by atoms with Gasteiger partial charge in [-0.15, -0.1) is 4.73 Å². The van der Waals surface area contributed by atoms with Gasteiger partial charge in [0.15, 0.2) is 5.82 Å². The van der Waals surface area contributed by atoms with Crippen LogP contribution >= 0.6 is 0 Å². The minimum absolute atomic E-state index is 0.253. The summed E-state index contributed by atoms with van der Waals surface area (Å²) >= 11 is 0. The number of anilines is 2. The van der Waals surface area contributed by atoms with Crippen LogP contribution in [0.25, 0.3) is 0 Å². The molecule has 5 nitrogen and oxygen atoms in total. The zero-order chi connectivity index (χ0) is 10.7. The van der Waals surface area contributed by atoms with Crippen LogP contribution in [-0.2, 0) is 6.61 Å². The Balaban J connectivity index is 2.05. The van der Waals surface area contributed by atoms with Crippen molar-refractivity contribution < 1.29 is 4.84 Å². The molecule has 0 unspecified atom stereocenters. The Morgan fingerprint density at radius 2 is 1.93 bits per heavy atom. The second-order valence-corrected chi connectivity index (χ2v) is 3.09. The van der Waals surface area contributed by atoms with Crippen molar-refractivity contribution in [2.24, 2.45) is 0 Å². The smallest absolute Gasteiger partial charge is 0.236 e. The van der Waals surface area contributed by atoms with E-state index in [-0.39, 0.29) is 5.95 Å². The van der Waals surface area contributed by atoms with E-state index in [0.717, 1.165) is 5.56 Å².